The second-order valence-corrected chi connectivity index (χ2v) is 8.22. The Morgan fingerprint density at radius 1 is 1.21 bits per heavy atom. The van der Waals surface area contributed by atoms with E-state index in [0.717, 1.165) is 54.6 Å². The summed E-state index contributed by atoms with van der Waals surface area (Å²) in [5.74, 6) is 0.404. The molecule has 1 atom stereocenters. The van der Waals surface area contributed by atoms with Gasteiger partial charge >= 0.3 is 0 Å². The highest BCUT2D eigenvalue weighted by Gasteiger charge is 2.27. The molecule has 0 N–H and O–H groups in total. The lowest BCUT2D eigenvalue weighted by atomic mass is 10.0. The van der Waals surface area contributed by atoms with Crippen molar-refractivity contribution in [2.45, 2.75) is 57.5 Å². The van der Waals surface area contributed by atoms with Gasteiger partial charge in [-0.3, -0.25) is 9.78 Å². The Kier molecular flexibility index (Phi) is 6.69. The van der Waals surface area contributed by atoms with Crippen molar-refractivity contribution in [1.29, 1.82) is 5.26 Å². The van der Waals surface area contributed by atoms with Crippen molar-refractivity contribution >= 4 is 17.7 Å². The fourth-order valence-electron chi connectivity index (χ4n) is 3.70. The number of carbonyl (C=O) groups excluding carboxylic acids is 1. The average Bonchev–Trinajstić information content (AvgIpc) is 2.97. The van der Waals surface area contributed by atoms with E-state index in [0.29, 0.717) is 16.3 Å². The van der Waals surface area contributed by atoms with Gasteiger partial charge < -0.3 is 4.90 Å². The number of hydrogen-bond acceptors (Lipinski definition) is 5. The maximum Gasteiger partial charge on any atom is 0.233 e. The van der Waals surface area contributed by atoms with Crippen LogP contribution in [0.5, 0.6) is 0 Å². The van der Waals surface area contributed by atoms with Crippen LogP contribution < -0.4 is 0 Å². The molecule has 0 saturated carbocycles. The first kappa shape index (κ1) is 20.3. The summed E-state index contributed by atoms with van der Waals surface area (Å²) < 4.78 is 0. The first-order chi connectivity index (χ1) is 13.5. The molecule has 0 bridgehead atoms. The molecule has 0 spiro atoms. The molecule has 3 heterocycles. The number of rotatable bonds is 4. The van der Waals surface area contributed by atoms with E-state index in [1.165, 1.54) is 11.8 Å². The highest BCUT2D eigenvalue weighted by atomic mass is 32.2. The maximum absolute atomic E-state index is 13.1. The van der Waals surface area contributed by atoms with Gasteiger partial charge in [0.1, 0.15) is 11.1 Å². The van der Waals surface area contributed by atoms with Crippen molar-refractivity contribution in [1.82, 2.24) is 14.9 Å². The van der Waals surface area contributed by atoms with E-state index in [1.54, 1.807) is 12.4 Å². The third-order valence-electron chi connectivity index (χ3n) is 5.57. The Labute approximate surface area is 171 Å². The summed E-state index contributed by atoms with van der Waals surface area (Å²) in [5, 5.41) is 10.2. The number of likely N-dealkylation sites (tertiary alicyclic amines) is 1. The molecule has 1 fully saturated rings. The second-order valence-electron chi connectivity index (χ2n) is 7.26. The molecule has 0 radical (unpaired) electrons. The van der Waals surface area contributed by atoms with Crippen molar-refractivity contribution in [2.75, 3.05) is 12.3 Å². The van der Waals surface area contributed by atoms with Gasteiger partial charge in [-0.1, -0.05) is 24.6 Å². The average molecular weight is 395 g/mol. The van der Waals surface area contributed by atoms with Crippen LogP contribution in [0.1, 0.15) is 59.7 Å². The Morgan fingerprint density at radius 3 is 2.68 bits per heavy atom. The maximum atomic E-state index is 13.1. The number of aromatic nitrogens is 2. The van der Waals surface area contributed by atoms with Crippen LogP contribution in [0.4, 0.5) is 0 Å². The molecule has 6 heteroatoms. The summed E-state index contributed by atoms with van der Waals surface area (Å²) in [7, 11) is 0. The van der Waals surface area contributed by atoms with Crippen LogP contribution in [-0.4, -0.2) is 33.1 Å². The van der Waals surface area contributed by atoms with Crippen LogP contribution >= 0.6 is 11.8 Å². The van der Waals surface area contributed by atoms with Gasteiger partial charge in [0.2, 0.25) is 5.91 Å². The molecule has 0 aromatic carbocycles. The molecule has 0 aliphatic carbocycles. The van der Waals surface area contributed by atoms with Crippen LogP contribution in [0.3, 0.4) is 0 Å². The van der Waals surface area contributed by atoms with Crippen LogP contribution in [-0.2, 0) is 4.79 Å². The van der Waals surface area contributed by atoms with E-state index in [2.05, 4.69) is 16.0 Å². The van der Waals surface area contributed by atoms with Gasteiger partial charge in [0.15, 0.2) is 0 Å². The van der Waals surface area contributed by atoms with E-state index >= 15 is 0 Å². The number of pyridine rings is 2. The number of carbonyl (C=O) groups is 1. The predicted octanol–water partition coefficient (Wildman–Crippen LogP) is 4.51. The zero-order valence-electron chi connectivity index (χ0n) is 16.7. The fraction of sp³-hybridized carbons (Fsp3) is 0.455. The minimum Gasteiger partial charge on any atom is -0.335 e. The normalized spacial score (nSPS) is 17.1. The van der Waals surface area contributed by atoms with E-state index in [9.17, 15) is 10.1 Å². The molecule has 2 aromatic rings. The Balaban J connectivity index is 1.79. The van der Waals surface area contributed by atoms with Gasteiger partial charge in [-0.25, -0.2) is 4.98 Å². The second kappa shape index (κ2) is 9.20. The van der Waals surface area contributed by atoms with Crippen molar-refractivity contribution in [3.63, 3.8) is 0 Å². The van der Waals surface area contributed by atoms with Crippen molar-refractivity contribution in [3.8, 4) is 6.07 Å². The Bertz CT molecular complexity index is 892. The Hall–Kier alpha value is -2.39. The number of thioether (sulfide) groups is 1. The standard InChI is InChI=1S/C22H26N4OS/c1-15-16(2)19(13-23)22(25-17(15)3)28-14-21(27)26-12-6-4-5-7-20(26)18-8-10-24-11-9-18/h8-11,20H,4-7,12,14H2,1-3H3/t20-/m1/s1. The molecule has 28 heavy (non-hydrogen) atoms. The summed E-state index contributed by atoms with van der Waals surface area (Å²) in [5.41, 5.74) is 4.64. The molecular formula is C22H26N4OS. The molecular weight excluding hydrogens is 368 g/mol. The SMILES string of the molecule is Cc1nc(SCC(=O)N2CCCCC[C@@H]2c2ccncc2)c(C#N)c(C)c1C. The van der Waals surface area contributed by atoms with Gasteiger partial charge in [0.05, 0.1) is 17.4 Å². The van der Waals surface area contributed by atoms with E-state index in [4.69, 9.17) is 0 Å². The zero-order valence-corrected chi connectivity index (χ0v) is 17.6. The summed E-state index contributed by atoms with van der Waals surface area (Å²) in [6.45, 7) is 6.65. The van der Waals surface area contributed by atoms with E-state index in [1.807, 2.05) is 37.8 Å². The molecule has 146 valence electrons. The van der Waals surface area contributed by atoms with Crippen molar-refractivity contribution in [2.24, 2.45) is 0 Å². The molecule has 1 aliphatic heterocycles. The minimum absolute atomic E-state index is 0.100. The first-order valence-corrected chi connectivity index (χ1v) is 10.7. The Morgan fingerprint density at radius 2 is 1.96 bits per heavy atom. The lowest BCUT2D eigenvalue weighted by molar-refractivity contribution is -0.130. The van der Waals surface area contributed by atoms with Gasteiger partial charge in [-0.2, -0.15) is 5.26 Å². The van der Waals surface area contributed by atoms with Crippen LogP contribution in [0, 0.1) is 32.1 Å². The summed E-state index contributed by atoms with van der Waals surface area (Å²) in [4.78, 5) is 23.8. The molecule has 1 saturated heterocycles. The number of hydrogen-bond donors (Lipinski definition) is 0. The van der Waals surface area contributed by atoms with Gasteiger partial charge in [-0.05, 0) is 62.4 Å². The van der Waals surface area contributed by atoms with Crippen LogP contribution in [0.2, 0.25) is 0 Å². The number of aryl methyl sites for hydroxylation is 1. The topological polar surface area (TPSA) is 69.9 Å². The number of nitrogens with zero attached hydrogens (tertiary/aromatic N) is 4. The zero-order chi connectivity index (χ0) is 20.1. The fourth-order valence-corrected chi connectivity index (χ4v) is 4.67. The molecule has 1 amide bonds. The third kappa shape index (κ3) is 4.36. The van der Waals surface area contributed by atoms with E-state index in [-0.39, 0.29) is 11.9 Å². The van der Waals surface area contributed by atoms with Crippen molar-refractivity contribution in [3.05, 3.63) is 52.5 Å². The first-order valence-electron chi connectivity index (χ1n) is 9.73. The summed E-state index contributed by atoms with van der Waals surface area (Å²) in [6, 6.07) is 6.38. The van der Waals surface area contributed by atoms with Gasteiger partial charge in [0, 0.05) is 24.6 Å². The highest BCUT2D eigenvalue weighted by Crippen LogP contribution is 2.32. The monoisotopic (exact) mass is 394 g/mol. The molecule has 3 rings (SSSR count). The molecule has 2 aromatic heterocycles. The molecule has 0 unspecified atom stereocenters. The van der Waals surface area contributed by atoms with Gasteiger partial charge in [0.25, 0.3) is 0 Å². The number of nitriles is 1. The minimum atomic E-state index is 0.100. The molecule has 5 nitrogen and oxygen atoms in total. The van der Waals surface area contributed by atoms with Gasteiger partial charge in [-0.15, -0.1) is 0 Å². The van der Waals surface area contributed by atoms with E-state index < -0.39 is 0 Å². The smallest absolute Gasteiger partial charge is 0.233 e. The predicted molar refractivity (Wildman–Crippen MR) is 111 cm³/mol. The summed E-state index contributed by atoms with van der Waals surface area (Å²) >= 11 is 1.38. The number of amides is 1. The lowest BCUT2D eigenvalue weighted by Crippen LogP contribution is -2.36. The van der Waals surface area contributed by atoms with Crippen LogP contribution in [0.15, 0.2) is 29.6 Å². The summed E-state index contributed by atoms with van der Waals surface area (Å²) in [6.07, 6.45) is 7.86. The largest absolute Gasteiger partial charge is 0.335 e. The quantitative estimate of drug-likeness (QED) is 0.714. The van der Waals surface area contributed by atoms with Crippen LogP contribution in [0.25, 0.3) is 0 Å². The third-order valence-corrected chi connectivity index (χ3v) is 6.53. The lowest BCUT2D eigenvalue weighted by Gasteiger charge is -2.30. The van der Waals surface area contributed by atoms with Crippen molar-refractivity contribution < 1.29 is 4.79 Å². The highest BCUT2D eigenvalue weighted by molar-refractivity contribution is 8.00. The molecule has 1 aliphatic rings.